The van der Waals surface area contributed by atoms with Crippen molar-refractivity contribution in [3.8, 4) is 0 Å². The maximum absolute atomic E-state index is 13.2. The number of carbonyl (C=O) groups excluding carboxylic acids is 2. The maximum atomic E-state index is 13.2. The van der Waals surface area contributed by atoms with Crippen LogP contribution in [0.1, 0.15) is 69.6 Å². The minimum Gasteiger partial charge on any atom is -0.328 e. The van der Waals surface area contributed by atoms with Crippen LogP contribution in [0.3, 0.4) is 0 Å². The van der Waals surface area contributed by atoms with Gasteiger partial charge in [-0.05, 0) is 45.6 Å². The van der Waals surface area contributed by atoms with E-state index in [1.165, 1.54) is 5.56 Å². The van der Waals surface area contributed by atoms with Gasteiger partial charge in [0.05, 0.1) is 24.3 Å². The number of H-pyrrole nitrogens is 1. The van der Waals surface area contributed by atoms with Crippen molar-refractivity contribution >= 4 is 17.6 Å². The van der Waals surface area contributed by atoms with Crippen LogP contribution in [0.5, 0.6) is 0 Å². The van der Waals surface area contributed by atoms with Crippen molar-refractivity contribution in [2.24, 2.45) is 0 Å². The first-order chi connectivity index (χ1) is 15.9. The highest BCUT2D eigenvalue weighted by Gasteiger charge is 2.36. The van der Waals surface area contributed by atoms with Crippen molar-refractivity contribution in [1.29, 1.82) is 0 Å². The lowest BCUT2D eigenvalue weighted by molar-refractivity contribution is -0.119. The number of anilines is 1. The molecule has 2 aliphatic rings. The van der Waals surface area contributed by atoms with Gasteiger partial charge in [-0.15, -0.1) is 0 Å². The van der Waals surface area contributed by atoms with Crippen LogP contribution in [0.15, 0.2) is 30.5 Å². The van der Waals surface area contributed by atoms with Gasteiger partial charge in [0.1, 0.15) is 5.82 Å². The lowest BCUT2D eigenvalue weighted by atomic mass is 10.0. The summed E-state index contributed by atoms with van der Waals surface area (Å²) in [6.45, 7) is 7.00. The summed E-state index contributed by atoms with van der Waals surface area (Å²) < 4.78 is 0. The van der Waals surface area contributed by atoms with Gasteiger partial charge in [0.2, 0.25) is 5.91 Å². The van der Waals surface area contributed by atoms with E-state index in [1.807, 2.05) is 25.7 Å². The van der Waals surface area contributed by atoms with E-state index in [2.05, 4.69) is 34.5 Å². The number of aromatic nitrogens is 4. The lowest BCUT2D eigenvalue weighted by Crippen LogP contribution is -2.37. The molecule has 2 aliphatic heterocycles. The first-order valence-corrected chi connectivity index (χ1v) is 11.5. The highest BCUT2D eigenvalue weighted by molar-refractivity contribution is 5.96. The second-order valence-corrected chi connectivity index (χ2v) is 9.00. The first-order valence-electron chi connectivity index (χ1n) is 11.5. The number of aryl methyl sites for hydroxylation is 3. The molecule has 0 spiro atoms. The van der Waals surface area contributed by atoms with Gasteiger partial charge in [0, 0.05) is 29.9 Å². The number of likely N-dealkylation sites (tertiary alicyclic amines) is 1. The van der Waals surface area contributed by atoms with Gasteiger partial charge in [0.15, 0.2) is 5.82 Å². The summed E-state index contributed by atoms with van der Waals surface area (Å²) in [4.78, 5) is 39.5. The summed E-state index contributed by atoms with van der Waals surface area (Å²) in [5, 5.41) is 6.84. The summed E-state index contributed by atoms with van der Waals surface area (Å²) in [5.41, 5.74) is 5.48. The maximum Gasteiger partial charge on any atom is 0.257 e. The Morgan fingerprint density at radius 3 is 2.64 bits per heavy atom. The van der Waals surface area contributed by atoms with Crippen LogP contribution in [0.4, 0.5) is 5.82 Å². The number of hydrogen-bond acceptors (Lipinski definition) is 5. The van der Waals surface area contributed by atoms with Gasteiger partial charge >= 0.3 is 0 Å². The molecular weight excluding hydrogens is 416 g/mol. The van der Waals surface area contributed by atoms with Gasteiger partial charge in [-0.2, -0.15) is 5.10 Å². The molecule has 5 rings (SSSR count). The molecule has 1 atom stereocenters. The number of carbonyl (C=O) groups is 2. The van der Waals surface area contributed by atoms with Crippen molar-refractivity contribution in [3.05, 3.63) is 69.9 Å². The number of nitrogens with one attached hydrogen (secondary N) is 1. The smallest absolute Gasteiger partial charge is 0.257 e. The molecule has 8 nitrogen and oxygen atoms in total. The summed E-state index contributed by atoms with van der Waals surface area (Å²) in [5.74, 6) is 1.31. The van der Waals surface area contributed by atoms with Crippen molar-refractivity contribution in [1.82, 2.24) is 25.1 Å². The Labute approximate surface area is 193 Å². The molecule has 2 aromatic heterocycles. The van der Waals surface area contributed by atoms with Crippen molar-refractivity contribution < 1.29 is 9.59 Å². The minimum absolute atomic E-state index is 0.0599. The molecule has 33 heavy (non-hydrogen) atoms. The molecule has 0 aliphatic carbocycles. The molecule has 1 N–H and O–H groups in total. The molecule has 170 valence electrons. The van der Waals surface area contributed by atoms with Crippen molar-refractivity contribution in [2.45, 2.75) is 59.0 Å². The molecule has 1 unspecified atom stereocenters. The fourth-order valence-electron chi connectivity index (χ4n) is 4.79. The van der Waals surface area contributed by atoms with Crippen molar-refractivity contribution in [3.63, 3.8) is 0 Å². The van der Waals surface area contributed by atoms with Crippen LogP contribution in [0, 0.1) is 20.8 Å². The highest BCUT2D eigenvalue weighted by atomic mass is 16.2. The zero-order valence-corrected chi connectivity index (χ0v) is 19.3. The van der Waals surface area contributed by atoms with Crippen LogP contribution in [-0.4, -0.2) is 43.4 Å². The van der Waals surface area contributed by atoms with Gasteiger partial charge in [-0.3, -0.25) is 19.6 Å². The fourth-order valence-corrected chi connectivity index (χ4v) is 4.79. The van der Waals surface area contributed by atoms with Crippen LogP contribution >= 0.6 is 0 Å². The first kappa shape index (κ1) is 21.3. The Balaban J connectivity index is 1.50. The number of amides is 2. The molecule has 1 aromatic carbocycles. The predicted octanol–water partition coefficient (Wildman–Crippen LogP) is 3.58. The van der Waals surface area contributed by atoms with Crippen LogP contribution < -0.4 is 4.90 Å². The summed E-state index contributed by atoms with van der Waals surface area (Å²) >= 11 is 0. The number of rotatable bonds is 4. The predicted molar refractivity (Wildman–Crippen MR) is 124 cm³/mol. The molecule has 0 bridgehead atoms. The number of benzene rings is 1. The molecule has 2 amide bonds. The van der Waals surface area contributed by atoms with Gasteiger partial charge in [0.25, 0.3) is 5.91 Å². The zero-order chi connectivity index (χ0) is 23.1. The van der Waals surface area contributed by atoms with Gasteiger partial charge < -0.3 is 4.90 Å². The fraction of sp³-hybridized carbons (Fsp3) is 0.400. The Morgan fingerprint density at radius 2 is 1.91 bits per heavy atom. The topological polar surface area (TPSA) is 95.1 Å². The third-order valence-corrected chi connectivity index (χ3v) is 6.69. The van der Waals surface area contributed by atoms with E-state index in [4.69, 9.17) is 9.97 Å². The van der Waals surface area contributed by atoms with Gasteiger partial charge in [-0.1, -0.05) is 29.8 Å². The molecule has 3 aromatic rings. The molecule has 0 saturated carbocycles. The monoisotopic (exact) mass is 444 g/mol. The van der Waals surface area contributed by atoms with E-state index in [0.717, 1.165) is 35.4 Å². The lowest BCUT2D eigenvalue weighted by Gasteiger charge is -2.31. The highest BCUT2D eigenvalue weighted by Crippen LogP contribution is 2.36. The summed E-state index contributed by atoms with van der Waals surface area (Å²) in [6.07, 6.45) is 4.36. The van der Waals surface area contributed by atoms with Crippen LogP contribution in [0.25, 0.3) is 0 Å². The Bertz CT molecular complexity index is 1220. The zero-order valence-electron chi connectivity index (χ0n) is 19.3. The van der Waals surface area contributed by atoms with E-state index < -0.39 is 0 Å². The average Bonchev–Trinajstić information content (AvgIpc) is 3.46. The summed E-state index contributed by atoms with van der Waals surface area (Å²) in [6, 6.07) is 8.00. The molecule has 8 heteroatoms. The summed E-state index contributed by atoms with van der Waals surface area (Å²) in [7, 11) is 0. The number of fused-ring (bicyclic) bond motifs is 1. The SMILES string of the molecule is Cc1ccc(CN2C(=O)CCc3c(C)nc(C4CCCN4C(=O)c4cn[nH]c4C)nc32)cc1. The largest absolute Gasteiger partial charge is 0.328 e. The van der Waals surface area contributed by atoms with E-state index >= 15 is 0 Å². The standard InChI is InChI=1S/C25H28N6O2/c1-15-6-8-18(9-7-15)14-31-22(32)11-10-19-16(2)27-23(28-24(19)31)21-5-4-12-30(21)25(33)20-13-26-29-17(20)3/h6-9,13,21H,4-5,10-12,14H2,1-3H3,(H,26,29). The number of aromatic amines is 1. The Hall–Kier alpha value is -3.55. The minimum atomic E-state index is -0.214. The number of hydrogen-bond donors (Lipinski definition) is 1. The Kier molecular flexibility index (Phi) is 5.44. The van der Waals surface area contributed by atoms with Gasteiger partial charge in [-0.25, -0.2) is 9.97 Å². The van der Waals surface area contributed by atoms with Crippen LogP contribution in [-0.2, 0) is 17.8 Å². The quantitative estimate of drug-likeness (QED) is 0.664. The van der Waals surface area contributed by atoms with E-state index in [1.54, 1.807) is 11.1 Å². The third kappa shape index (κ3) is 3.90. The van der Waals surface area contributed by atoms with Crippen molar-refractivity contribution in [2.75, 3.05) is 11.4 Å². The molecule has 1 fully saturated rings. The Morgan fingerprint density at radius 1 is 1.12 bits per heavy atom. The molecule has 4 heterocycles. The normalized spacial score (nSPS) is 18.0. The molecule has 1 saturated heterocycles. The van der Waals surface area contributed by atoms with E-state index in [-0.39, 0.29) is 17.9 Å². The van der Waals surface area contributed by atoms with E-state index in [9.17, 15) is 9.59 Å². The second kappa shape index (κ2) is 8.42. The van der Waals surface area contributed by atoms with Crippen LogP contribution in [0.2, 0.25) is 0 Å². The average molecular weight is 445 g/mol. The molecule has 0 radical (unpaired) electrons. The number of nitrogens with zero attached hydrogens (tertiary/aromatic N) is 5. The molecular formula is C25H28N6O2. The van der Waals surface area contributed by atoms with E-state index in [0.29, 0.717) is 43.1 Å². The third-order valence-electron chi connectivity index (χ3n) is 6.69. The second-order valence-electron chi connectivity index (χ2n) is 9.00.